The minimum Gasteiger partial charge on any atom is -0.443 e. The molecule has 2 N–H and O–H groups in total. The zero-order valence-electron chi connectivity index (χ0n) is 16.6. The standard InChI is InChI=1S/C22H20FN5O2S/c23-13-1-2-16-15(7-13)26-21(28(16)14-8-22(9-14)5-6-24-11-22)27-20(29)19-4-3-18(31-19)17-10-25-12-30-17/h1-4,7,10,12,14,24H,5-6,8-9,11H2,(H,26,27,29)/t14-,22-. The van der Waals surface area contributed by atoms with Crippen LogP contribution in [0.4, 0.5) is 10.3 Å². The number of anilines is 1. The minimum atomic E-state index is -0.338. The van der Waals surface area contributed by atoms with E-state index in [4.69, 9.17) is 4.42 Å². The first-order chi connectivity index (χ1) is 15.1. The van der Waals surface area contributed by atoms with E-state index in [-0.39, 0.29) is 17.8 Å². The fraction of sp³-hybridized carbons (Fsp3) is 0.318. The van der Waals surface area contributed by atoms with Crippen molar-refractivity contribution in [3.05, 3.63) is 53.6 Å². The molecule has 0 radical (unpaired) electrons. The molecule has 1 saturated heterocycles. The van der Waals surface area contributed by atoms with Crippen molar-refractivity contribution < 1.29 is 13.6 Å². The van der Waals surface area contributed by atoms with Gasteiger partial charge in [0.05, 0.1) is 27.0 Å². The molecule has 1 aromatic carbocycles. The molecule has 7 nitrogen and oxygen atoms in total. The third kappa shape index (κ3) is 3.16. The van der Waals surface area contributed by atoms with Gasteiger partial charge in [0.15, 0.2) is 12.2 Å². The molecule has 1 amide bonds. The van der Waals surface area contributed by atoms with Gasteiger partial charge in [0.2, 0.25) is 5.95 Å². The summed E-state index contributed by atoms with van der Waals surface area (Å²) in [5.41, 5.74) is 1.73. The molecular formula is C22H20FN5O2S. The Balaban J connectivity index is 1.31. The van der Waals surface area contributed by atoms with E-state index in [1.54, 1.807) is 18.3 Å². The number of imidazole rings is 1. The van der Waals surface area contributed by atoms with Gasteiger partial charge in [-0.1, -0.05) is 0 Å². The Hall–Kier alpha value is -3.04. The van der Waals surface area contributed by atoms with Crippen molar-refractivity contribution in [2.45, 2.75) is 25.3 Å². The Morgan fingerprint density at radius 2 is 2.23 bits per heavy atom. The molecular weight excluding hydrogens is 417 g/mol. The van der Waals surface area contributed by atoms with E-state index in [0.29, 0.717) is 27.5 Å². The highest BCUT2D eigenvalue weighted by atomic mass is 32.1. The average molecular weight is 438 g/mol. The molecule has 9 heteroatoms. The number of carbonyl (C=O) groups is 1. The lowest BCUT2D eigenvalue weighted by Gasteiger charge is -2.46. The Morgan fingerprint density at radius 1 is 1.32 bits per heavy atom. The maximum absolute atomic E-state index is 13.8. The average Bonchev–Trinajstić information content (AvgIpc) is 3.51. The van der Waals surface area contributed by atoms with Crippen LogP contribution in [0.15, 0.2) is 47.3 Å². The summed E-state index contributed by atoms with van der Waals surface area (Å²) in [7, 11) is 0. The molecule has 4 heterocycles. The zero-order valence-corrected chi connectivity index (χ0v) is 17.4. The molecule has 3 aromatic heterocycles. The highest BCUT2D eigenvalue weighted by molar-refractivity contribution is 7.17. The number of rotatable bonds is 4. The van der Waals surface area contributed by atoms with Crippen molar-refractivity contribution in [1.82, 2.24) is 19.9 Å². The van der Waals surface area contributed by atoms with E-state index >= 15 is 0 Å². The summed E-state index contributed by atoms with van der Waals surface area (Å²) in [6.07, 6.45) is 6.21. The quantitative estimate of drug-likeness (QED) is 0.492. The Morgan fingerprint density at radius 3 is 3.00 bits per heavy atom. The number of aromatic nitrogens is 3. The molecule has 6 rings (SSSR count). The summed E-state index contributed by atoms with van der Waals surface area (Å²) in [5, 5.41) is 6.41. The molecule has 1 saturated carbocycles. The number of amides is 1. The number of oxazole rings is 1. The largest absolute Gasteiger partial charge is 0.443 e. The van der Waals surface area contributed by atoms with Crippen LogP contribution in [0.25, 0.3) is 21.7 Å². The van der Waals surface area contributed by atoms with Crippen LogP contribution in [0.5, 0.6) is 0 Å². The van der Waals surface area contributed by atoms with Crippen LogP contribution >= 0.6 is 11.3 Å². The lowest BCUT2D eigenvalue weighted by molar-refractivity contribution is 0.0874. The Labute approximate surface area is 181 Å². The van der Waals surface area contributed by atoms with Gasteiger partial charge >= 0.3 is 0 Å². The molecule has 0 atom stereocenters. The van der Waals surface area contributed by atoms with E-state index in [2.05, 4.69) is 25.2 Å². The first kappa shape index (κ1) is 18.7. The minimum absolute atomic E-state index is 0.235. The number of halogens is 1. The number of carbonyl (C=O) groups excluding carboxylic acids is 1. The van der Waals surface area contributed by atoms with E-state index in [9.17, 15) is 9.18 Å². The van der Waals surface area contributed by atoms with E-state index < -0.39 is 0 Å². The molecule has 1 spiro atoms. The summed E-state index contributed by atoms with van der Waals surface area (Å²) < 4.78 is 21.2. The maximum Gasteiger partial charge on any atom is 0.268 e. The second-order valence-electron chi connectivity index (χ2n) is 8.41. The SMILES string of the molecule is O=C(Nc1nc2cc(F)ccc2n1[C@H]1C[C@@]2(CCNC2)C1)c1ccc(-c2cnco2)s1. The van der Waals surface area contributed by atoms with Crippen LogP contribution in [0.2, 0.25) is 0 Å². The van der Waals surface area contributed by atoms with Crippen molar-refractivity contribution in [2.75, 3.05) is 18.4 Å². The number of nitrogens with zero attached hydrogens (tertiary/aromatic N) is 3. The topological polar surface area (TPSA) is 85.0 Å². The fourth-order valence-electron chi connectivity index (χ4n) is 4.89. The Kier molecular flexibility index (Phi) is 4.22. The van der Waals surface area contributed by atoms with Gasteiger partial charge in [-0.2, -0.15) is 0 Å². The number of nitrogens with one attached hydrogen (secondary N) is 2. The lowest BCUT2D eigenvalue weighted by Crippen LogP contribution is -2.40. The molecule has 1 aliphatic carbocycles. The number of benzene rings is 1. The van der Waals surface area contributed by atoms with Crippen molar-refractivity contribution in [2.24, 2.45) is 5.41 Å². The molecule has 158 valence electrons. The Bertz CT molecular complexity index is 1260. The summed E-state index contributed by atoms with van der Waals surface area (Å²) in [5.74, 6) is 0.502. The smallest absolute Gasteiger partial charge is 0.268 e. The third-order valence-electron chi connectivity index (χ3n) is 6.42. The summed E-state index contributed by atoms with van der Waals surface area (Å²) in [6.45, 7) is 2.09. The number of hydrogen-bond acceptors (Lipinski definition) is 6. The van der Waals surface area contributed by atoms with Crippen molar-refractivity contribution >= 4 is 34.2 Å². The van der Waals surface area contributed by atoms with Gasteiger partial charge in [0.25, 0.3) is 5.91 Å². The summed E-state index contributed by atoms with van der Waals surface area (Å²) >= 11 is 1.33. The second-order valence-corrected chi connectivity index (χ2v) is 9.49. The summed E-state index contributed by atoms with van der Waals surface area (Å²) in [4.78, 5) is 22.8. The fourth-order valence-corrected chi connectivity index (χ4v) is 5.74. The summed E-state index contributed by atoms with van der Waals surface area (Å²) in [6, 6.07) is 8.44. The predicted octanol–water partition coefficient (Wildman–Crippen LogP) is 4.46. The van der Waals surface area contributed by atoms with E-state index in [1.165, 1.54) is 36.3 Å². The van der Waals surface area contributed by atoms with Crippen LogP contribution in [-0.4, -0.2) is 33.5 Å². The third-order valence-corrected chi connectivity index (χ3v) is 7.51. The van der Waals surface area contributed by atoms with Crippen LogP contribution in [0, 0.1) is 11.2 Å². The highest BCUT2D eigenvalue weighted by Gasteiger charge is 2.47. The molecule has 0 bridgehead atoms. The number of thiophene rings is 1. The normalized spacial score (nSPS) is 22.8. The van der Waals surface area contributed by atoms with Gasteiger partial charge in [-0.25, -0.2) is 14.4 Å². The van der Waals surface area contributed by atoms with E-state index in [0.717, 1.165) is 36.3 Å². The molecule has 0 unspecified atom stereocenters. The van der Waals surface area contributed by atoms with Gasteiger partial charge in [-0.05, 0) is 55.5 Å². The number of fused-ring (bicyclic) bond motifs is 1. The monoisotopic (exact) mass is 437 g/mol. The van der Waals surface area contributed by atoms with Gasteiger partial charge < -0.3 is 14.3 Å². The first-order valence-electron chi connectivity index (χ1n) is 10.3. The van der Waals surface area contributed by atoms with Crippen LogP contribution in [-0.2, 0) is 0 Å². The number of hydrogen-bond donors (Lipinski definition) is 2. The van der Waals surface area contributed by atoms with Crippen LogP contribution < -0.4 is 10.6 Å². The molecule has 2 aliphatic rings. The molecule has 4 aromatic rings. The van der Waals surface area contributed by atoms with Crippen molar-refractivity contribution in [1.29, 1.82) is 0 Å². The second kappa shape index (κ2) is 7.00. The van der Waals surface area contributed by atoms with Gasteiger partial charge in [-0.15, -0.1) is 11.3 Å². The molecule has 1 aliphatic heterocycles. The maximum atomic E-state index is 13.8. The van der Waals surface area contributed by atoms with E-state index in [1.807, 2.05) is 6.07 Å². The van der Waals surface area contributed by atoms with Gasteiger partial charge in [-0.3, -0.25) is 10.1 Å². The van der Waals surface area contributed by atoms with Crippen molar-refractivity contribution in [3.8, 4) is 10.6 Å². The van der Waals surface area contributed by atoms with Gasteiger partial charge in [0.1, 0.15) is 5.82 Å². The van der Waals surface area contributed by atoms with Gasteiger partial charge in [0, 0.05) is 18.7 Å². The zero-order chi connectivity index (χ0) is 21.0. The molecule has 2 fully saturated rings. The van der Waals surface area contributed by atoms with Crippen LogP contribution in [0.3, 0.4) is 0 Å². The first-order valence-corrected chi connectivity index (χ1v) is 11.1. The van der Waals surface area contributed by atoms with Crippen molar-refractivity contribution in [3.63, 3.8) is 0 Å². The lowest BCUT2D eigenvalue weighted by atomic mass is 9.65. The molecule has 31 heavy (non-hydrogen) atoms. The predicted molar refractivity (Wildman–Crippen MR) is 116 cm³/mol. The van der Waals surface area contributed by atoms with Crippen LogP contribution in [0.1, 0.15) is 35.0 Å². The highest BCUT2D eigenvalue weighted by Crippen LogP contribution is 2.53.